The number of hydrogen-bond acceptors (Lipinski definition) is 3. The second-order valence-corrected chi connectivity index (χ2v) is 7.37. The predicted molar refractivity (Wildman–Crippen MR) is 85.8 cm³/mol. The van der Waals surface area contributed by atoms with Crippen molar-refractivity contribution >= 4 is 5.97 Å². The molecule has 0 amide bonds. The van der Waals surface area contributed by atoms with Crippen LogP contribution < -0.4 is 5.32 Å². The summed E-state index contributed by atoms with van der Waals surface area (Å²) in [6.45, 7) is 18.3. The van der Waals surface area contributed by atoms with Gasteiger partial charge in [-0.15, -0.1) is 6.58 Å². The number of carbonyl (C=O) groups excluding carboxylic acids is 1. The first-order valence-electron chi connectivity index (χ1n) is 7.59. The maximum absolute atomic E-state index is 12.2. The van der Waals surface area contributed by atoms with E-state index in [1.807, 2.05) is 34.6 Å². The normalized spacial score (nSPS) is 13.9. The summed E-state index contributed by atoms with van der Waals surface area (Å²) < 4.78 is 5.47. The molecule has 1 atom stereocenters. The van der Waals surface area contributed by atoms with Crippen LogP contribution in [0.15, 0.2) is 12.2 Å². The van der Waals surface area contributed by atoms with Crippen molar-refractivity contribution in [1.29, 1.82) is 0 Å². The molecule has 20 heavy (non-hydrogen) atoms. The predicted octanol–water partition coefficient (Wildman–Crippen LogP) is 4.08. The molecular weight excluding hydrogens is 250 g/mol. The number of allylic oxidation sites excluding steroid dienone is 1. The molecule has 1 unspecified atom stereocenters. The molecule has 0 saturated carbocycles. The van der Waals surface area contributed by atoms with Gasteiger partial charge in [-0.1, -0.05) is 12.5 Å². The van der Waals surface area contributed by atoms with Crippen LogP contribution in [0.2, 0.25) is 0 Å². The Balaban J connectivity index is 4.37. The number of rotatable bonds is 8. The van der Waals surface area contributed by atoms with Gasteiger partial charge in [0.2, 0.25) is 0 Å². The van der Waals surface area contributed by atoms with Crippen molar-refractivity contribution in [3.05, 3.63) is 12.2 Å². The van der Waals surface area contributed by atoms with Crippen molar-refractivity contribution in [2.24, 2.45) is 5.41 Å². The Morgan fingerprint density at radius 1 is 1.25 bits per heavy atom. The van der Waals surface area contributed by atoms with Gasteiger partial charge in [0.15, 0.2) is 0 Å². The summed E-state index contributed by atoms with van der Waals surface area (Å²) in [6.07, 6.45) is 3.15. The molecule has 3 nitrogen and oxygen atoms in total. The highest BCUT2D eigenvalue weighted by Gasteiger charge is 2.32. The van der Waals surface area contributed by atoms with Crippen molar-refractivity contribution < 1.29 is 9.53 Å². The Kier molecular flexibility index (Phi) is 7.50. The molecule has 1 N–H and O–H groups in total. The number of esters is 1. The number of carbonyl (C=O) groups is 1. The third-order valence-electron chi connectivity index (χ3n) is 3.20. The molecule has 0 aliphatic carbocycles. The molecule has 0 fully saturated rings. The van der Waals surface area contributed by atoms with Crippen molar-refractivity contribution in [3.63, 3.8) is 0 Å². The minimum Gasteiger partial charge on any atom is -0.460 e. The lowest BCUT2D eigenvalue weighted by Gasteiger charge is -2.30. The van der Waals surface area contributed by atoms with Gasteiger partial charge in [-0.3, -0.25) is 4.79 Å². The average molecular weight is 283 g/mol. The topological polar surface area (TPSA) is 38.3 Å². The zero-order chi connectivity index (χ0) is 16.0. The van der Waals surface area contributed by atoms with Gasteiger partial charge in [0.1, 0.15) is 5.60 Å². The molecule has 3 heteroatoms. The van der Waals surface area contributed by atoms with E-state index in [2.05, 4.69) is 25.7 Å². The lowest BCUT2D eigenvalue weighted by molar-refractivity contribution is -0.165. The van der Waals surface area contributed by atoms with Gasteiger partial charge >= 0.3 is 5.97 Å². The average Bonchev–Trinajstić information content (AvgIpc) is 2.26. The summed E-state index contributed by atoms with van der Waals surface area (Å²) in [6, 6.07) is 0.424. The molecule has 0 bridgehead atoms. The molecule has 0 aliphatic heterocycles. The molecule has 0 rings (SSSR count). The van der Waals surface area contributed by atoms with E-state index in [1.165, 1.54) is 5.57 Å². The summed E-state index contributed by atoms with van der Waals surface area (Å²) in [4.78, 5) is 12.2. The fourth-order valence-corrected chi connectivity index (χ4v) is 1.76. The van der Waals surface area contributed by atoms with Gasteiger partial charge in [-0.25, -0.2) is 0 Å². The summed E-state index contributed by atoms with van der Waals surface area (Å²) in [5.74, 6) is -0.146. The third-order valence-corrected chi connectivity index (χ3v) is 3.20. The summed E-state index contributed by atoms with van der Waals surface area (Å²) in [5, 5.41) is 3.49. The van der Waals surface area contributed by atoms with Crippen LogP contribution in [0.1, 0.15) is 67.7 Å². The molecule has 0 saturated heterocycles. The first-order valence-corrected chi connectivity index (χ1v) is 7.59. The Bertz CT molecular complexity index is 326. The van der Waals surface area contributed by atoms with Crippen LogP contribution in [0.3, 0.4) is 0 Å². The molecule has 0 heterocycles. The van der Waals surface area contributed by atoms with Gasteiger partial charge in [-0.2, -0.15) is 0 Å². The molecule has 0 radical (unpaired) electrons. The summed E-state index contributed by atoms with van der Waals surface area (Å²) in [7, 11) is 0. The second-order valence-electron chi connectivity index (χ2n) is 7.37. The van der Waals surface area contributed by atoms with E-state index < -0.39 is 11.0 Å². The Hall–Kier alpha value is -0.830. The van der Waals surface area contributed by atoms with Crippen LogP contribution in [-0.2, 0) is 9.53 Å². The van der Waals surface area contributed by atoms with Gasteiger partial charge in [0.25, 0.3) is 0 Å². The monoisotopic (exact) mass is 283 g/mol. The quantitative estimate of drug-likeness (QED) is 0.539. The van der Waals surface area contributed by atoms with Crippen LogP contribution in [0.25, 0.3) is 0 Å². The van der Waals surface area contributed by atoms with E-state index in [4.69, 9.17) is 4.74 Å². The minimum atomic E-state index is -0.510. The van der Waals surface area contributed by atoms with E-state index in [0.29, 0.717) is 12.6 Å². The van der Waals surface area contributed by atoms with E-state index >= 15 is 0 Å². The van der Waals surface area contributed by atoms with Crippen LogP contribution in [0, 0.1) is 5.41 Å². The van der Waals surface area contributed by atoms with Crippen molar-refractivity contribution in [2.45, 2.75) is 79.4 Å². The highest BCUT2D eigenvalue weighted by molar-refractivity contribution is 5.76. The van der Waals surface area contributed by atoms with Crippen molar-refractivity contribution in [1.82, 2.24) is 5.32 Å². The Labute approximate surface area is 125 Å². The number of nitrogens with one attached hydrogen (secondary N) is 1. The first kappa shape index (κ1) is 19.2. The largest absolute Gasteiger partial charge is 0.460 e. The van der Waals surface area contributed by atoms with Crippen LogP contribution in [0.5, 0.6) is 0 Å². The SMILES string of the molecule is C=C(C)CCC(CC)NCC(C)(C)C(=O)OC(C)(C)C. The molecule has 118 valence electrons. The number of ether oxygens (including phenoxy) is 1. The third kappa shape index (κ3) is 8.36. The summed E-state index contributed by atoms with van der Waals surface area (Å²) >= 11 is 0. The first-order chi connectivity index (χ1) is 8.98. The molecule has 0 aromatic heterocycles. The van der Waals surface area contributed by atoms with Gasteiger partial charge < -0.3 is 10.1 Å². The van der Waals surface area contributed by atoms with Gasteiger partial charge in [-0.05, 0) is 60.8 Å². The van der Waals surface area contributed by atoms with E-state index in [1.54, 1.807) is 0 Å². The van der Waals surface area contributed by atoms with E-state index in [9.17, 15) is 4.79 Å². The summed E-state index contributed by atoms with van der Waals surface area (Å²) in [5.41, 5.74) is 0.263. The zero-order valence-corrected chi connectivity index (χ0v) is 14.4. The fraction of sp³-hybridized carbons (Fsp3) is 0.824. The zero-order valence-electron chi connectivity index (χ0n) is 14.4. The maximum Gasteiger partial charge on any atom is 0.313 e. The van der Waals surface area contributed by atoms with Gasteiger partial charge in [0, 0.05) is 12.6 Å². The van der Waals surface area contributed by atoms with Crippen LogP contribution >= 0.6 is 0 Å². The lowest BCUT2D eigenvalue weighted by Crippen LogP contribution is -2.43. The molecule has 0 aliphatic rings. The lowest BCUT2D eigenvalue weighted by atomic mass is 9.92. The van der Waals surface area contributed by atoms with E-state index in [0.717, 1.165) is 19.3 Å². The second kappa shape index (κ2) is 7.82. The molecule has 0 spiro atoms. The molecule has 0 aromatic carbocycles. The van der Waals surface area contributed by atoms with Crippen LogP contribution in [0.4, 0.5) is 0 Å². The highest BCUT2D eigenvalue weighted by atomic mass is 16.6. The smallest absolute Gasteiger partial charge is 0.313 e. The van der Waals surface area contributed by atoms with Crippen molar-refractivity contribution in [3.8, 4) is 0 Å². The molecular formula is C17H33NO2. The van der Waals surface area contributed by atoms with Crippen LogP contribution in [-0.4, -0.2) is 24.2 Å². The van der Waals surface area contributed by atoms with E-state index in [-0.39, 0.29) is 5.97 Å². The Morgan fingerprint density at radius 2 is 1.80 bits per heavy atom. The fourth-order valence-electron chi connectivity index (χ4n) is 1.76. The minimum absolute atomic E-state index is 0.146. The van der Waals surface area contributed by atoms with Gasteiger partial charge in [0.05, 0.1) is 5.41 Å². The maximum atomic E-state index is 12.2. The standard InChI is InChI=1S/C17H33NO2/c1-9-14(11-10-13(2)3)18-12-17(7,8)15(19)20-16(4,5)6/h14,18H,2,9-12H2,1,3-8H3. The van der Waals surface area contributed by atoms with Crippen molar-refractivity contribution in [2.75, 3.05) is 6.54 Å². The molecule has 0 aromatic rings. The highest BCUT2D eigenvalue weighted by Crippen LogP contribution is 2.21. The number of hydrogen-bond donors (Lipinski definition) is 1. The Morgan fingerprint density at radius 3 is 2.20 bits per heavy atom.